The summed E-state index contributed by atoms with van der Waals surface area (Å²) in [6.07, 6.45) is 0. The fraction of sp³-hybridized carbons (Fsp3) is 0.545. The zero-order chi connectivity index (χ0) is 10.4. The van der Waals surface area contributed by atoms with Crippen LogP contribution in [0, 0.1) is 13.8 Å². The van der Waals surface area contributed by atoms with E-state index < -0.39 is 0 Å². The maximum atomic E-state index is 5.41. The van der Waals surface area contributed by atoms with Gasteiger partial charge >= 0.3 is 0 Å². The second-order valence-electron chi connectivity index (χ2n) is 3.10. The highest BCUT2D eigenvalue weighted by Crippen LogP contribution is 2.10. The van der Waals surface area contributed by atoms with E-state index in [1.54, 1.807) is 0 Å². The molecule has 1 aromatic rings. The van der Waals surface area contributed by atoms with Gasteiger partial charge in [-0.15, -0.1) is 0 Å². The van der Waals surface area contributed by atoms with E-state index in [0.717, 1.165) is 12.3 Å². The van der Waals surface area contributed by atoms with Crippen molar-refractivity contribution in [2.75, 3.05) is 19.8 Å². The number of nitrogens with zero attached hydrogens (tertiary/aromatic N) is 1. The number of aromatic nitrogens is 1. The Hall–Kier alpha value is -1.09. The second kappa shape index (κ2) is 5.60. The van der Waals surface area contributed by atoms with E-state index in [-0.39, 0.29) is 0 Å². The molecule has 0 aromatic carbocycles. The van der Waals surface area contributed by atoms with Crippen molar-refractivity contribution in [2.45, 2.75) is 20.8 Å². The molecule has 0 saturated carbocycles. The number of hydrogen-bond donors (Lipinski definition) is 0. The van der Waals surface area contributed by atoms with E-state index in [0.29, 0.717) is 19.1 Å². The van der Waals surface area contributed by atoms with Crippen LogP contribution in [0.2, 0.25) is 0 Å². The lowest BCUT2D eigenvalue weighted by molar-refractivity contribution is 0.108. The molecule has 0 aliphatic rings. The lowest BCUT2D eigenvalue weighted by Gasteiger charge is -2.06. The van der Waals surface area contributed by atoms with Crippen molar-refractivity contribution in [3.63, 3.8) is 0 Å². The zero-order valence-electron chi connectivity index (χ0n) is 9.04. The van der Waals surface area contributed by atoms with Crippen molar-refractivity contribution in [3.8, 4) is 5.88 Å². The average Bonchev–Trinajstić information content (AvgIpc) is 2.18. The van der Waals surface area contributed by atoms with Crippen molar-refractivity contribution in [1.82, 2.24) is 4.98 Å². The standard InChI is InChI=1S/C11H17NO2/c1-4-13-7-8-14-11-6-5-9(2)10(3)12-11/h5-6H,4,7-8H2,1-3H3. The molecule has 0 atom stereocenters. The molecule has 3 nitrogen and oxygen atoms in total. The molecule has 14 heavy (non-hydrogen) atoms. The molecule has 1 aromatic heterocycles. The molecular weight excluding hydrogens is 178 g/mol. The van der Waals surface area contributed by atoms with E-state index in [9.17, 15) is 0 Å². The van der Waals surface area contributed by atoms with Gasteiger partial charge in [0.2, 0.25) is 5.88 Å². The van der Waals surface area contributed by atoms with Gasteiger partial charge in [0.05, 0.1) is 6.61 Å². The van der Waals surface area contributed by atoms with E-state index >= 15 is 0 Å². The summed E-state index contributed by atoms with van der Waals surface area (Å²) in [5.74, 6) is 0.674. The van der Waals surface area contributed by atoms with Gasteiger partial charge in [0.1, 0.15) is 6.61 Å². The molecule has 3 heteroatoms. The Kier molecular flexibility index (Phi) is 4.40. The van der Waals surface area contributed by atoms with Crippen LogP contribution in [0.4, 0.5) is 0 Å². The topological polar surface area (TPSA) is 31.4 Å². The molecule has 78 valence electrons. The predicted octanol–water partition coefficient (Wildman–Crippen LogP) is 2.11. The fourth-order valence-corrected chi connectivity index (χ4v) is 1.04. The summed E-state index contributed by atoms with van der Waals surface area (Å²) in [7, 11) is 0. The summed E-state index contributed by atoms with van der Waals surface area (Å²) in [6.45, 7) is 7.88. The molecule has 0 aliphatic carbocycles. The van der Waals surface area contributed by atoms with Crippen molar-refractivity contribution in [1.29, 1.82) is 0 Å². The first-order chi connectivity index (χ1) is 6.74. The lowest BCUT2D eigenvalue weighted by Crippen LogP contribution is -2.07. The van der Waals surface area contributed by atoms with Crippen molar-refractivity contribution < 1.29 is 9.47 Å². The van der Waals surface area contributed by atoms with Crippen LogP contribution in [-0.2, 0) is 4.74 Å². The van der Waals surface area contributed by atoms with Gasteiger partial charge in [0.15, 0.2) is 0 Å². The minimum absolute atomic E-state index is 0.559. The molecule has 1 heterocycles. The minimum Gasteiger partial charge on any atom is -0.475 e. The summed E-state index contributed by atoms with van der Waals surface area (Å²) >= 11 is 0. The maximum Gasteiger partial charge on any atom is 0.213 e. The lowest BCUT2D eigenvalue weighted by atomic mass is 10.2. The van der Waals surface area contributed by atoms with Crippen LogP contribution in [0.5, 0.6) is 5.88 Å². The van der Waals surface area contributed by atoms with E-state index in [1.807, 2.05) is 32.9 Å². The number of pyridine rings is 1. The SMILES string of the molecule is CCOCCOc1ccc(C)c(C)n1. The Balaban J connectivity index is 2.39. The third-order valence-electron chi connectivity index (χ3n) is 2.01. The van der Waals surface area contributed by atoms with Crippen LogP contribution in [0.25, 0.3) is 0 Å². The van der Waals surface area contributed by atoms with E-state index in [2.05, 4.69) is 4.98 Å². The Morgan fingerprint density at radius 3 is 2.64 bits per heavy atom. The summed E-state index contributed by atoms with van der Waals surface area (Å²) in [6, 6.07) is 3.90. The van der Waals surface area contributed by atoms with Crippen LogP contribution in [0.15, 0.2) is 12.1 Å². The van der Waals surface area contributed by atoms with Gasteiger partial charge in [-0.3, -0.25) is 0 Å². The number of rotatable bonds is 5. The van der Waals surface area contributed by atoms with Gasteiger partial charge in [-0.1, -0.05) is 6.07 Å². The molecule has 0 saturated heterocycles. The van der Waals surface area contributed by atoms with Crippen molar-refractivity contribution in [2.24, 2.45) is 0 Å². The normalized spacial score (nSPS) is 10.2. The molecule has 0 radical (unpaired) electrons. The molecule has 1 rings (SSSR count). The Labute approximate surface area is 85.1 Å². The summed E-state index contributed by atoms with van der Waals surface area (Å²) in [5.41, 5.74) is 2.20. The first-order valence-corrected chi connectivity index (χ1v) is 4.89. The van der Waals surface area contributed by atoms with Crippen LogP contribution >= 0.6 is 0 Å². The van der Waals surface area contributed by atoms with Gasteiger partial charge in [0, 0.05) is 18.4 Å². The first kappa shape index (κ1) is 11.0. The van der Waals surface area contributed by atoms with Crippen molar-refractivity contribution >= 4 is 0 Å². The molecule has 0 unspecified atom stereocenters. The van der Waals surface area contributed by atoms with Gasteiger partial charge in [-0.05, 0) is 26.3 Å². The summed E-state index contributed by atoms with van der Waals surface area (Å²) < 4.78 is 10.6. The van der Waals surface area contributed by atoms with Crippen LogP contribution < -0.4 is 4.74 Å². The fourth-order valence-electron chi connectivity index (χ4n) is 1.04. The molecular formula is C11H17NO2. The number of hydrogen-bond acceptors (Lipinski definition) is 3. The van der Waals surface area contributed by atoms with Crippen LogP contribution in [0.1, 0.15) is 18.2 Å². The Morgan fingerprint density at radius 1 is 1.21 bits per heavy atom. The second-order valence-corrected chi connectivity index (χ2v) is 3.10. The number of ether oxygens (including phenoxy) is 2. The predicted molar refractivity (Wildman–Crippen MR) is 55.7 cm³/mol. The molecule has 0 bridgehead atoms. The highest BCUT2D eigenvalue weighted by atomic mass is 16.5. The third kappa shape index (κ3) is 3.34. The highest BCUT2D eigenvalue weighted by molar-refractivity contribution is 5.23. The first-order valence-electron chi connectivity index (χ1n) is 4.89. The van der Waals surface area contributed by atoms with Gasteiger partial charge < -0.3 is 9.47 Å². The van der Waals surface area contributed by atoms with Gasteiger partial charge in [0.25, 0.3) is 0 Å². The molecule has 0 amide bonds. The smallest absolute Gasteiger partial charge is 0.213 e. The Morgan fingerprint density at radius 2 is 2.00 bits per heavy atom. The summed E-state index contributed by atoms with van der Waals surface area (Å²) in [4.78, 5) is 4.29. The molecule has 0 N–H and O–H groups in total. The summed E-state index contributed by atoms with van der Waals surface area (Å²) in [5, 5.41) is 0. The number of aryl methyl sites for hydroxylation is 2. The van der Waals surface area contributed by atoms with Crippen LogP contribution in [-0.4, -0.2) is 24.8 Å². The van der Waals surface area contributed by atoms with Crippen molar-refractivity contribution in [3.05, 3.63) is 23.4 Å². The maximum absolute atomic E-state index is 5.41. The monoisotopic (exact) mass is 195 g/mol. The largest absolute Gasteiger partial charge is 0.475 e. The quantitative estimate of drug-likeness (QED) is 0.674. The minimum atomic E-state index is 0.559. The van der Waals surface area contributed by atoms with Gasteiger partial charge in [-0.25, -0.2) is 4.98 Å². The van der Waals surface area contributed by atoms with E-state index in [4.69, 9.17) is 9.47 Å². The van der Waals surface area contributed by atoms with E-state index in [1.165, 1.54) is 5.56 Å². The third-order valence-corrected chi connectivity index (χ3v) is 2.01. The molecule has 0 fully saturated rings. The molecule has 0 spiro atoms. The highest BCUT2D eigenvalue weighted by Gasteiger charge is 1.98. The average molecular weight is 195 g/mol. The zero-order valence-corrected chi connectivity index (χ0v) is 9.04. The van der Waals surface area contributed by atoms with Gasteiger partial charge in [-0.2, -0.15) is 0 Å². The Bertz CT molecular complexity index is 287. The molecule has 0 aliphatic heterocycles. The van der Waals surface area contributed by atoms with Crippen LogP contribution in [0.3, 0.4) is 0 Å².